The van der Waals surface area contributed by atoms with Gasteiger partial charge in [-0.1, -0.05) is 18.0 Å². The minimum atomic E-state index is 0.218. The van der Waals surface area contributed by atoms with Gasteiger partial charge in [-0.3, -0.25) is 9.48 Å². The van der Waals surface area contributed by atoms with E-state index in [4.69, 9.17) is 11.6 Å². The summed E-state index contributed by atoms with van der Waals surface area (Å²) in [6, 6.07) is 0. The first-order valence-electron chi connectivity index (χ1n) is 7.00. The van der Waals surface area contributed by atoms with Crippen molar-refractivity contribution < 1.29 is 4.79 Å². The predicted octanol–water partition coefficient (Wildman–Crippen LogP) is 2.33. The Morgan fingerprint density at radius 2 is 2.16 bits per heavy atom. The lowest BCUT2D eigenvalue weighted by molar-refractivity contribution is 0.0940. The Morgan fingerprint density at radius 1 is 1.47 bits per heavy atom. The zero-order valence-electron chi connectivity index (χ0n) is 11.5. The number of hydrogen-bond acceptors (Lipinski definition) is 3. The maximum absolute atomic E-state index is 12.6. The molecule has 4 nitrogen and oxygen atoms in total. The zero-order valence-corrected chi connectivity index (χ0v) is 12.2. The first-order chi connectivity index (χ1) is 9.09. The van der Waals surface area contributed by atoms with Gasteiger partial charge in [-0.15, -0.1) is 0 Å². The van der Waals surface area contributed by atoms with Crippen LogP contribution in [-0.2, 0) is 6.54 Å². The summed E-state index contributed by atoms with van der Waals surface area (Å²) in [5.74, 6) is 1.69. The molecular formula is C14H20ClN3O. The van der Waals surface area contributed by atoms with Crippen LogP contribution in [0.5, 0.6) is 0 Å². The number of carbonyl (C=O) groups is 1. The lowest BCUT2D eigenvalue weighted by Crippen LogP contribution is -2.22. The van der Waals surface area contributed by atoms with Crippen LogP contribution in [0.3, 0.4) is 0 Å². The highest BCUT2D eigenvalue weighted by Crippen LogP contribution is 2.58. The summed E-state index contributed by atoms with van der Waals surface area (Å²) in [5.41, 5.74) is 0.628. The maximum atomic E-state index is 12.6. The molecule has 1 aromatic heterocycles. The summed E-state index contributed by atoms with van der Waals surface area (Å²) >= 11 is 6.17. The number of aromatic nitrogens is 2. The van der Waals surface area contributed by atoms with Gasteiger partial charge < -0.3 is 4.90 Å². The fourth-order valence-electron chi connectivity index (χ4n) is 3.44. The molecule has 2 fully saturated rings. The molecule has 3 rings (SSSR count). The third-order valence-corrected chi connectivity index (χ3v) is 4.77. The van der Waals surface area contributed by atoms with Crippen LogP contribution in [-0.4, -0.2) is 41.1 Å². The highest BCUT2D eigenvalue weighted by Gasteiger charge is 2.57. The van der Waals surface area contributed by atoms with Crippen molar-refractivity contribution in [3.63, 3.8) is 0 Å². The Balaban J connectivity index is 1.76. The lowest BCUT2D eigenvalue weighted by Gasteiger charge is -2.12. The molecule has 2 aliphatic carbocycles. The Kier molecular flexibility index (Phi) is 3.39. The lowest BCUT2D eigenvalue weighted by atomic mass is 10.1. The summed E-state index contributed by atoms with van der Waals surface area (Å²) in [7, 11) is 4.02. The number of nitrogens with zero attached hydrogens (tertiary/aromatic N) is 3. The molecule has 0 spiro atoms. The van der Waals surface area contributed by atoms with Crippen LogP contribution < -0.4 is 0 Å². The van der Waals surface area contributed by atoms with Crippen LogP contribution in [0.1, 0.15) is 29.8 Å². The van der Waals surface area contributed by atoms with Gasteiger partial charge in [0.05, 0.1) is 17.8 Å². The molecule has 0 amide bonds. The molecule has 2 unspecified atom stereocenters. The molecule has 19 heavy (non-hydrogen) atoms. The summed E-state index contributed by atoms with van der Waals surface area (Å²) in [5, 5.41) is 4.76. The van der Waals surface area contributed by atoms with Crippen LogP contribution in [0.2, 0.25) is 5.02 Å². The van der Waals surface area contributed by atoms with Crippen LogP contribution in [0, 0.1) is 17.8 Å². The van der Waals surface area contributed by atoms with E-state index in [1.165, 1.54) is 19.3 Å². The van der Waals surface area contributed by atoms with Crippen molar-refractivity contribution >= 4 is 17.4 Å². The molecule has 0 N–H and O–H groups in total. The third kappa shape index (κ3) is 2.32. The molecule has 0 aromatic carbocycles. The Hall–Kier alpha value is -0.870. The number of likely N-dealkylation sites (N-methyl/N-ethyl adjacent to an activating group) is 1. The number of fused-ring (bicyclic) bond motifs is 1. The van der Waals surface area contributed by atoms with E-state index in [-0.39, 0.29) is 11.7 Å². The average molecular weight is 282 g/mol. The predicted molar refractivity (Wildman–Crippen MR) is 74.4 cm³/mol. The molecule has 1 aromatic rings. The molecule has 2 saturated carbocycles. The number of hydrogen-bond donors (Lipinski definition) is 0. The second-order valence-corrected chi connectivity index (χ2v) is 6.42. The number of Topliss-reactive ketones (excluding diaryl/α,β-unsaturated/α-hetero) is 1. The van der Waals surface area contributed by atoms with Crippen molar-refractivity contribution in [1.82, 2.24) is 14.7 Å². The van der Waals surface area contributed by atoms with Gasteiger partial charge >= 0.3 is 0 Å². The molecule has 0 radical (unpaired) electrons. The van der Waals surface area contributed by atoms with Crippen molar-refractivity contribution in [2.75, 3.05) is 20.6 Å². The molecule has 1 heterocycles. The molecule has 2 atom stereocenters. The van der Waals surface area contributed by atoms with Crippen molar-refractivity contribution in [2.45, 2.75) is 25.8 Å². The van der Waals surface area contributed by atoms with E-state index >= 15 is 0 Å². The minimum Gasteiger partial charge on any atom is -0.308 e. The van der Waals surface area contributed by atoms with Crippen molar-refractivity contribution in [2.24, 2.45) is 17.8 Å². The molecular weight excluding hydrogens is 262 g/mol. The zero-order chi connectivity index (χ0) is 13.6. The Labute approximate surface area is 118 Å². The largest absolute Gasteiger partial charge is 0.308 e. The fourth-order valence-corrected chi connectivity index (χ4v) is 3.67. The van der Waals surface area contributed by atoms with Gasteiger partial charge in [-0.05, 0) is 38.8 Å². The normalized spacial score (nSPS) is 28.7. The topological polar surface area (TPSA) is 38.1 Å². The van der Waals surface area contributed by atoms with E-state index in [9.17, 15) is 4.79 Å². The Morgan fingerprint density at radius 3 is 2.79 bits per heavy atom. The first-order valence-corrected chi connectivity index (χ1v) is 7.37. The third-order valence-electron chi connectivity index (χ3n) is 4.50. The quantitative estimate of drug-likeness (QED) is 0.778. The van der Waals surface area contributed by atoms with Gasteiger partial charge in [0, 0.05) is 12.5 Å². The van der Waals surface area contributed by atoms with Gasteiger partial charge in [0.2, 0.25) is 0 Å². The smallest absolute Gasteiger partial charge is 0.186 e. The van der Waals surface area contributed by atoms with Crippen LogP contribution in [0.25, 0.3) is 0 Å². The maximum Gasteiger partial charge on any atom is 0.186 e. The Bertz CT molecular complexity index is 487. The summed E-state index contributed by atoms with van der Waals surface area (Å²) in [4.78, 5) is 14.7. The van der Waals surface area contributed by atoms with Crippen LogP contribution in [0.15, 0.2) is 6.20 Å². The molecule has 5 heteroatoms. The number of halogens is 1. The molecule has 0 saturated heterocycles. The minimum absolute atomic E-state index is 0.218. The second-order valence-electron chi connectivity index (χ2n) is 6.02. The first kappa shape index (κ1) is 13.1. The average Bonchev–Trinajstić information content (AvgIpc) is 2.73. The number of carbonyl (C=O) groups excluding carboxylic acids is 1. The van der Waals surface area contributed by atoms with Gasteiger partial charge in [0.25, 0.3) is 0 Å². The summed E-state index contributed by atoms with van der Waals surface area (Å²) in [6.07, 6.45) is 5.31. The standard InChI is InChI=1S/C14H20ClN3O/c1-17(2)6-7-18-13(11(15)8-16-18)14(19)12-9-4-3-5-10(9)12/h8-10,12H,3-7H2,1-2H3. The molecule has 104 valence electrons. The van der Waals surface area contributed by atoms with E-state index in [0.29, 0.717) is 29.1 Å². The second kappa shape index (κ2) is 4.91. The number of ketones is 1. The highest BCUT2D eigenvalue weighted by atomic mass is 35.5. The van der Waals surface area contributed by atoms with Crippen LogP contribution in [0.4, 0.5) is 0 Å². The van der Waals surface area contributed by atoms with Crippen molar-refractivity contribution in [3.8, 4) is 0 Å². The summed E-state index contributed by atoms with van der Waals surface area (Å²) < 4.78 is 1.78. The molecule has 0 bridgehead atoms. The van der Waals surface area contributed by atoms with Crippen LogP contribution >= 0.6 is 11.6 Å². The van der Waals surface area contributed by atoms with E-state index in [1.54, 1.807) is 10.9 Å². The SMILES string of the molecule is CN(C)CCn1ncc(Cl)c1C(=O)C1C2CCCC21. The van der Waals surface area contributed by atoms with Gasteiger partial charge in [-0.2, -0.15) is 5.10 Å². The number of rotatable bonds is 5. The van der Waals surface area contributed by atoms with Crippen molar-refractivity contribution in [1.29, 1.82) is 0 Å². The van der Waals surface area contributed by atoms with Gasteiger partial charge in [0.1, 0.15) is 5.69 Å². The fraction of sp³-hybridized carbons (Fsp3) is 0.714. The van der Waals surface area contributed by atoms with E-state index < -0.39 is 0 Å². The van der Waals surface area contributed by atoms with E-state index in [1.807, 2.05) is 14.1 Å². The van der Waals surface area contributed by atoms with E-state index in [2.05, 4.69) is 10.00 Å². The van der Waals surface area contributed by atoms with Crippen molar-refractivity contribution in [3.05, 3.63) is 16.9 Å². The molecule has 0 aliphatic heterocycles. The monoisotopic (exact) mass is 281 g/mol. The highest BCUT2D eigenvalue weighted by molar-refractivity contribution is 6.33. The summed E-state index contributed by atoms with van der Waals surface area (Å²) in [6.45, 7) is 1.57. The molecule has 2 aliphatic rings. The van der Waals surface area contributed by atoms with Gasteiger partial charge in [-0.25, -0.2) is 0 Å². The van der Waals surface area contributed by atoms with Gasteiger partial charge in [0.15, 0.2) is 5.78 Å². The van der Waals surface area contributed by atoms with E-state index in [0.717, 1.165) is 6.54 Å².